The summed E-state index contributed by atoms with van der Waals surface area (Å²) in [5, 5.41) is 0. The van der Waals surface area contributed by atoms with E-state index in [0.717, 1.165) is 37.7 Å². The molecule has 3 rings (SSSR count). The van der Waals surface area contributed by atoms with Crippen molar-refractivity contribution in [3.63, 3.8) is 0 Å². The van der Waals surface area contributed by atoms with Crippen molar-refractivity contribution in [2.45, 2.75) is 18.4 Å². The largest absolute Gasteiger partial charge is 0.370 e. The van der Waals surface area contributed by atoms with Crippen LogP contribution in [-0.4, -0.2) is 61.2 Å². The number of nitrogens with two attached hydrogens (primary N) is 1. The van der Waals surface area contributed by atoms with Crippen LogP contribution in [0.25, 0.3) is 0 Å². The van der Waals surface area contributed by atoms with Crippen molar-refractivity contribution >= 4 is 21.7 Å². The SMILES string of the molecule is CCS(=O)(=O)c1cccc(CN=C(N)N2CCN(c3ncccn3)CC2)c1. The van der Waals surface area contributed by atoms with Gasteiger partial charge in [-0.15, -0.1) is 0 Å². The first kappa shape index (κ1) is 19.1. The van der Waals surface area contributed by atoms with Gasteiger partial charge in [0.15, 0.2) is 15.8 Å². The van der Waals surface area contributed by atoms with E-state index in [9.17, 15) is 8.42 Å². The van der Waals surface area contributed by atoms with Gasteiger partial charge in [0.2, 0.25) is 5.95 Å². The number of guanidine groups is 1. The molecule has 0 amide bonds. The smallest absolute Gasteiger partial charge is 0.225 e. The van der Waals surface area contributed by atoms with Gasteiger partial charge in [0, 0.05) is 38.6 Å². The lowest BCUT2D eigenvalue weighted by Gasteiger charge is -2.35. The van der Waals surface area contributed by atoms with E-state index in [4.69, 9.17) is 5.73 Å². The van der Waals surface area contributed by atoms with Crippen LogP contribution in [0.5, 0.6) is 0 Å². The zero-order chi connectivity index (χ0) is 19.3. The van der Waals surface area contributed by atoms with E-state index < -0.39 is 9.84 Å². The Morgan fingerprint density at radius 2 is 1.85 bits per heavy atom. The van der Waals surface area contributed by atoms with Gasteiger partial charge in [-0.3, -0.25) is 0 Å². The molecule has 144 valence electrons. The Labute approximate surface area is 159 Å². The van der Waals surface area contributed by atoms with Crippen LogP contribution in [0.4, 0.5) is 5.95 Å². The third-order valence-corrected chi connectivity index (χ3v) is 6.23. The van der Waals surface area contributed by atoms with Crippen LogP contribution in [0.2, 0.25) is 0 Å². The number of nitrogens with zero attached hydrogens (tertiary/aromatic N) is 5. The van der Waals surface area contributed by atoms with Crippen molar-refractivity contribution in [1.29, 1.82) is 0 Å². The van der Waals surface area contributed by atoms with Gasteiger partial charge in [0.1, 0.15) is 0 Å². The molecule has 2 aromatic rings. The number of aliphatic imine (C=N–C) groups is 1. The van der Waals surface area contributed by atoms with E-state index in [1.807, 2.05) is 11.0 Å². The zero-order valence-electron chi connectivity index (χ0n) is 15.3. The average molecular weight is 388 g/mol. The Bertz CT molecular complexity index is 893. The highest BCUT2D eigenvalue weighted by Crippen LogP contribution is 2.14. The molecule has 27 heavy (non-hydrogen) atoms. The molecule has 0 atom stereocenters. The van der Waals surface area contributed by atoms with Gasteiger partial charge in [0.05, 0.1) is 17.2 Å². The number of piperazine rings is 1. The Balaban J connectivity index is 1.60. The van der Waals surface area contributed by atoms with Crippen LogP contribution < -0.4 is 10.6 Å². The van der Waals surface area contributed by atoms with Crippen molar-refractivity contribution in [3.8, 4) is 0 Å². The number of rotatable bonds is 5. The highest BCUT2D eigenvalue weighted by atomic mass is 32.2. The number of hydrogen-bond acceptors (Lipinski definition) is 6. The molecular formula is C18H24N6O2S. The van der Waals surface area contributed by atoms with Crippen molar-refractivity contribution in [3.05, 3.63) is 48.3 Å². The minimum absolute atomic E-state index is 0.0806. The molecule has 2 heterocycles. The Morgan fingerprint density at radius 1 is 1.15 bits per heavy atom. The summed E-state index contributed by atoms with van der Waals surface area (Å²) in [5.74, 6) is 1.27. The first-order valence-corrected chi connectivity index (χ1v) is 10.5. The van der Waals surface area contributed by atoms with Gasteiger partial charge < -0.3 is 15.5 Å². The number of hydrogen-bond donors (Lipinski definition) is 1. The maximum atomic E-state index is 12.0. The van der Waals surface area contributed by atoms with Crippen molar-refractivity contribution in [2.24, 2.45) is 10.7 Å². The first-order valence-electron chi connectivity index (χ1n) is 8.88. The predicted octanol–water partition coefficient (Wildman–Crippen LogP) is 0.907. The minimum atomic E-state index is -3.22. The van der Waals surface area contributed by atoms with E-state index in [0.29, 0.717) is 17.4 Å². The fourth-order valence-corrected chi connectivity index (χ4v) is 3.82. The Hall–Kier alpha value is -2.68. The maximum Gasteiger partial charge on any atom is 0.225 e. The van der Waals surface area contributed by atoms with Gasteiger partial charge >= 0.3 is 0 Å². The van der Waals surface area contributed by atoms with E-state index in [1.54, 1.807) is 43.6 Å². The van der Waals surface area contributed by atoms with E-state index in [-0.39, 0.29) is 5.75 Å². The first-order chi connectivity index (χ1) is 13.0. The lowest BCUT2D eigenvalue weighted by atomic mass is 10.2. The summed E-state index contributed by atoms with van der Waals surface area (Å²) in [6.07, 6.45) is 3.47. The van der Waals surface area contributed by atoms with Crippen LogP contribution in [-0.2, 0) is 16.4 Å². The van der Waals surface area contributed by atoms with E-state index >= 15 is 0 Å². The summed E-state index contributed by atoms with van der Waals surface area (Å²) in [5.41, 5.74) is 6.96. The molecule has 8 nitrogen and oxygen atoms in total. The van der Waals surface area contributed by atoms with Crippen molar-refractivity contribution in [1.82, 2.24) is 14.9 Å². The number of anilines is 1. The monoisotopic (exact) mass is 388 g/mol. The number of benzene rings is 1. The molecule has 0 unspecified atom stereocenters. The summed E-state index contributed by atoms with van der Waals surface area (Å²) >= 11 is 0. The molecule has 0 bridgehead atoms. The van der Waals surface area contributed by atoms with E-state index in [1.165, 1.54) is 0 Å². The quantitative estimate of drug-likeness (QED) is 0.599. The van der Waals surface area contributed by atoms with Crippen LogP contribution in [0.1, 0.15) is 12.5 Å². The van der Waals surface area contributed by atoms with Crippen molar-refractivity contribution < 1.29 is 8.42 Å². The number of aromatic nitrogens is 2. The molecule has 1 aromatic heterocycles. The van der Waals surface area contributed by atoms with Gasteiger partial charge in [-0.1, -0.05) is 19.1 Å². The third kappa shape index (κ3) is 4.73. The molecule has 9 heteroatoms. The van der Waals surface area contributed by atoms with Crippen LogP contribution in [0.3, 0.4) is 0 Å². The standard InChI is InChI=1S/C18H24N6O2S/c1-2-27(25,26)16-6-3-5-15(13-16)14-22-17(19)23-9-11-24(12-10-23)18-20-7-4-8-21-18/h3-8,13H,2,9-12,14H2,1H3,(H2,19,22). The molecule has 0 spiro atoms. The fourth-order valence-electron chi connectivity index (χ4n) is 2.87. The normalized spacial score (nSPS) is 15.8. The van der Waals surface area contributed by atoms with Gasteiger partial charge in [-0.2, -0.15) is 0 Å². The molecule has 1 aliphatic rings. The molecule has 1 aromatic carbocycles. The highest BCUT2D eigenvalue weighted by molar-refractivity contribution is 7.91. The average Bonchev–Trinajstić information content (AvgIpc) is 2.73. The van der Waals surface area contributed by atoms with Crippen LogP contribution >= 0.6 is 0 Å². The molecule has 0 aliphatic carbocycles. The molecule has 0 radical (unpaired) electrons. The zero-order valence-corrected chi connectivity index (χ0v) is 16.1. The van der Waals surface area contributed by atoms with Crippen LogP contribution in [0, 0.1) is 0 Å². The molecular weight excluding hydrogens is 364 g/mol. The highest BCUT2D eigenvalue weighted by Gasteiger charge is 2.20. The lowest BCUT2D eigenvalue weighted by Crippen LogP contribution is -2.51. The predicted molar refractivity (Wildman–Crippen MR) is 105 cm³/mol. The molecule has 1 aliphatic heterocycles. The second-order valence-electron chi connectivity index (χ2n) is 6.25. The Morgan fingerprint density at radius 3 is 2.52 bits per heavy atom. The second-order valence-corrected chi connectivity index (χ2v) is 8.53. The Kier molecular flexibility index (Phi) is 5.90. The molecule has 1 saturated heterocycles. The molecule has 2 N–H and O–H groups in total. The molecule has 1 fully saturated rings. The third-order valence-electron chi connectivity index (χ3n) is 4.50. The number of sulfone groups is 1. The van der Waals surface area contributed by atoms with Gasteiger partial charge in [0.25, 0.3) is 0 Å². The summed E-state index contributed by atoms with van der Waals surface area (Å²) < 4.78 is 24.0. The maximum absolute atomic E-state index is 12.0. The lowest BCUT2D eigenvalue weighted by molar-refractivity contribution is 0.378. The summed E-state index contributed by atoms with van der Waals surface area (Å²) in [4.78, 5) is 17.4. The van der Waals surface area contributed by atoms with Crippen LogP contribution in [0.15, 0.2) is 52.6 Å². The summed E-state index contributed by atoms with van der Waals surface area (Å²) in [6.45, 7) is 4.99. The summed E-state index contributed by atoms with van der Waals surface area (Å²) in [6, 6.07) is 8.67. The second kappa shape index (κ2) is 8.34. The van der Waals surface area contributed by atoms with E-state index in [2.05, 4.69) is 19.9 Å². The van der Waals surface area contributed by atoms with Gasteiger partial charge in [-0.25, -0.2) is 23.4 Å². The molecule has 0 saturated carbocycles. The minimum Gasteiger partial charge on any atom is -0.370 e. The summed E-state index contributed by atoms with van der Waals surface area (Å²) in [7, 11) is -3.22. The topological polar surface area (TPSA) is 105 Å². The van der Waals surface area contributed by atoms with Crippen molar-refractivity contribution in [2.75, 3.05) is 36.8 Å². The van der Waals surface area contributed by atoms with Gasteiger partial charge in [-0.05, 0) is 23.8 Å². The fraction of sp³-hybridized carbons (Fsp3) is 0.389.